The van der Waals surface area contributed by atoms with Crippen molar-refractivity contribution in [3.8, 4) is 5.75 Å². The summed E-state index contributed by atoms with van der Waals surface area (Å²) in [6.07, 6.45) is 0.897. The summed E-state index contributed by atoms with van der Waals surface area (Å²) in [5.74, 6) is 1.21. The van der Waals surface area contributed by atoms with Crippen molar-refractivity contribution in [1.29, 1.82) is 0 Å². The van der Waals surface area contributed by atoms with E-state index in [1.807, 2.05) is 24.3 Å². The summed E-state index contributed by atoms with van der Waals surface area (Å²) in [6.45, 7) is 1.35. The van der Waals surface area contributed by atoms with Crippen LogP contribution in [-0.4, -0.2) is 51.1 Å². The second kappa shape index (κ2) is 10.8. The first-order chi connectivity index (χ1) is 13.0. The smallest absolute Gasteiger partial charge is 0.241 e. The summed E-state index contributed by atoms with van der Waals surface area (Å²) in [5.41, 5.74) is 0.957. The van der Waals surface area contributed by atoms with E-state index in [9.17, 15) is 4.79 Å². The fourth-order valence-electron chi connectivity index (χ4n) is 2.23. The Balaban J connectivity index is 1.98. The summed E-state index contributed by atoms with van der Waals surface area (Å²) < 4.78 is 5.17. The van der Waals surface area contributed by atoms with Crippen molar-refractivity contribution in [2.24, 2.45) is 4.99 Å². The number of hydrogen-bond acceptors (Lipinski definition) is 4. The minimum absolute atomic E-state index is 0.0183. The van der Waals surface area contributed by atoms with Crippen molar-refractivity contribution in [2.45, 2.75) is 13.0 Å². The van der Waals surface area contributed by atoms with Crippen molar-refractivity contribution in [3.63, 3.8) is 0 Å². The highest BCUT2D eigenvalue weighted by atomic mass is 35.5. The van der Waals surface area contributed by atoms with Crippen LogP contribution in [0.4, 0.5) is 0 Å². The van der Waals surface area contributed by atoms with E-state index in [2.05, 4.69) is 27.1 Å². The lowest BCUT2D eigenvalue weighted by atomic mass is 10.2. The third-order valence-corrected chi connectivity index (χ3v) is 5.02. The largest absolute Gasteiger partial charge is 0.495 e. The van der Waals surface area contributed by atoms with Gasteiger partial charge in [0.1, 0.15) is 5.75 Å². The molecule has 8 heteroatoms. The van der Waals surface area contributed by atoms with Crippen LogP contribution in [0.5, 0.6) is 5.75 Å². The molecule has 6 nitrogen and oxygen atoms in total. The van der Waals surface area contributed by atoms with Crippen LogP contribution < -0.4 is 15.4 Å². The predicted molar refractivity (Wildman–Crippen MR) is 112 cm³/mol. The normalized spacial score (nSPS) is 11.2. The second-order valence-electron chi connectivity index (χ2n) is 6.03. The van der Waals surface area contributed by atoms with Gasteiger partial charge in [0, 0.05) is 25.5 Å². The number of halogens is 1. The average Bonchev–Trinajstić information content (AvgIpc) is 3.16. The monoisotopic (exact) mass is 408 g/mol. The molecule has 0 aliphatic carbocycles. The minimum Gasteiger partial charge on any atom is -0.495 e. The Hall–Kier alpha value is -2.25. The molecule has 2 rings (SSSR count). The van der Waals surface area contributed by atoms with Gasteiger partial charge in [-0.05, 0) is 35.6 Å². The molecule has 0 atom stereocenters. The first-order valence-corrected chi connectivity index (χ1v) is 9.82. The van der Waals surface area contributed by atoms with Gasteiger partial charge in [-0.25, -0.2) is 4.99 Å². The highest BCUT2D eigenvalue weighted by Crippen LogP contribution is 2.25. The molecule has 0 aliphatic rings. The Labute approximate surface area is 169 Å². The molecule has 2 N–H and O–H groups in total. The molecule has 0 saturated carbocycles. The van der Waals surface area contributed by atoms with Gasteiger partial charge in [0.25, 0.3) is 0 Å². The first kappa shape index (κ1) is 21.1. The van der Waals surface area contributed by atoms with Crippen LogP contribution >= 0.6 is 22.9 Å². The summed E-state index contributed by atoms with van der Waals surface area (Å²) in [4.78, 5) is 19.3. The van der Waals surface area contributed by atoms with Crippen LogP contribution in [-0.2, 0) is 17.8 Å². The van der Waals surface area contributed by atoms with Crippen molar-refractivity contribution in [1.82, 2.24) is 15.5 Å². The molecule has 1 aromatic heterocycles. The van der Waals surface area contributed by atoms with Gasteiger partial charge in [-0.1, -0.05) is 23.7 Å². The number of methoxy groups -OCH3 is 1. The summed E-state index contributed by atoms with van der Waals surface area (Å²) >= 11 is 7.89. The zero-order chi connectivity index (χ0) is 19.6. The lowest BCUT2D eigenvalue weighted by Gasteiger charge is -2.15. The maximum atomic E-state index is 11.8. The predicted octanol–water partition coefficient (Wildman–Crippen LogP) is 2.78. The van der Waals surface area contributed by atoms with Gasteiger partial charge < -0.3 is 20.3 Å². The molecule has 0 fully saturated rings. The Morgan fingerprint density at radius 1 is 1.30 bits per heavy atom. The van der Waals surface area contributed by atoms with E-state index < -0.39 is 0 Å². The molecule has 0 radical (unpaired) electrons. The van der Waals surface area contributed by atoms with Gasteiger partial charge in [-0.2, -0.15) is 0 Å². The fraction of sp³-hybridized carbons (Fsp3) is 0.368. The molecule has 0 unspecified atom stereocenters. The van der Waals surface area contributed by atoms with Crippen LogP contribution in [0.2, 0.25) is 5.02 Å². The van der Waals surface area contributed by atoms with Gasteiger partial charge >= 0.3 is 0 Å². The lowest BCUT2D eigenvalue weighted by molar-refractivity contribution is -0.127. The molecule has 0 bridgehead atoms. The van der Waals surface area contributed by atoms with Crippen LogP contribution in [0.3, 0.4) is 0 Å². The molecule has 27 heavy (non-hydrogen) atoms. The van der Waals surface area contributed by atoms with E-state index in [1.54, 1.807) is 37.4 Å². The molecule has 1 amide bonds. The van der Waals surface area contributed by atoms with E-state index in [4.69, 9.17) is 16.3 Å². The Bertz CT molecular complexity index is 763. The number of carbonyl (C=O) groups is 1. The molecule has 1 aromatic carbocycles. The van der Waals surface area contributed by atoms with Crippen LogP contribution in [0.1, 0.15) is 10.4 Å². The van der Waals surface area contributed by atoms with Gasteiger partial charge in [0.15, 0.2) is 5.96 Å². The van der Waals surface area contributed by atoms with Crippen LogP contribution in [0.25, 0.3) is 0 Å². The number of nitrogens with zero attached hydrogens (tertiary/aromatic N) is 2. The summed E-state index contributed by atoms with van der Waals surface area (Å²) in [7, 11) is 5.04. The fourth-order valence-corrected chi connectivity index (χ4v) is 3.22. The van der Waals surface area contributed by atoms with E-state index in [0.717, 1.165) is 18.5 Å². The molecular weight excluding hydrogens is 384 g/mol. The Morgan fingerprint density at radius 3 is 2.74 bits per heavy atom. The third kappa shape index (κ3) is 7.11. The van der Waals surface area contributed by atoms with E-state index in [-0.39, 0.29) is 12.5 Å². The number of amides is 1. The number of thiophene rings is 1. The van der Waals surface area contributed by atoms with E-state index >= 15 is 0 Å². The van der Waals surface area contributed by atoms with Crippen molar-refractivity contribution in [3.05, 3.63) is 51.2 Å². The number of carbonyl (C=O) groups excluding carboxylic acids is 1. The number of benzene rings is 1. The number of guanidine groups is 1. The Kier molecular flexibility index (Phi) is 8.42. The SMILES string of the molecule is COc1ccc(CN=C(NCCc2cccs2)NCC(=O)N(C)C)cc1Cl. The molecular formula is C19H25ClN4O2S. The first-order valence-electron chi connectivity index (χ1n) is 8.56. The molecule has 0 saturated heterocycles. The quantitative estimate of drug-likeness (QED) is 0.520. The van der Waals surface area contributed by atoms with Gasteiger partial charge in [-0.3, -0.25) is 4.79 Å². The molecule has 146 valence electrons. The highest BCUT2D eigenvalue weighted by Gasteiger charge is 2.07. The van der Waals surface area contributed by atoms with Crippen LogP contribution in [0, 0.1) is 0 Å². The number of ether oxygens (including phenoxy) is 1. The van der Waals surface area contributed by atoms with Gasteiger partial charge in [0.05, 0.1) is 25.2 Å². The number of rotatable bonds is 8. The molecule has 2 aromatic rings. The van der Waals surface area contributed by atoms with Crippen LogP contribution in [0.15, 0.2) is 40.7 Å². The minimum atomic E-state index is -0.0183. The maximum absolute atomic E-state index is 11.8. The summed E-state index contributed by atoms with van der Waals surface area (Å²) in [5, 5.41) is 8.97. The lowest BCUT2D eigenvalue weighted by Crippen LogP contribution is -2.43. The molecule has 0 aliphatic heterocycles. The van der Waals surface area contributed by atoms with Crippen molar-refractivity contribution >= 4 is 34.8 Å². The number of aliphatic imine (C=N–C) groups is 1. The maximum Gasteiger partial charge on any atom is 0.241 e. The van der Waals surface area contributed by atoms with E-state index in [1.165, 1.54) is 4.88 Å². The van der Waals surface area contributed by atoms with E-state index in [0.29, 0.717) is 23.3 Å². The zero-order valence-corrected chi connectivity index (χ0v) is 17.4. The number of nitrogens with one attached hydrogen (secondary N) is 2. The Morgan fingerprint density at radius 2 is 2.11 bits per heavy atom. The molecule has 0 spiro atoms. The number of hydrogen-bond donors (Lipinski definition) is 2. The highest BCUT2D eigenvalue weighted by molar-refractivity contribution is 7.09. The standard InChI is InChI=1S/C19H25ClN4O2S/c1-24(2)18(25)13-23-19(21-9-8-15-5-4-10-27-15)22-12-14-6-7-17(26-3)16(20)11-14/h4-7,10-11H,8-9,12-13H2,1-3H3,(H2,21,22,23). The number of likely N-dealkylation sites (N-methyl/N-ethyl adjacent to an activating group) is 1. The zero-order valence-electron chi connectivity index (χ0n) is 15.8. The molecule has 1 heterocycles. The third-order valence-electron chi connectivity index (χ3n) is 3.79. The van der Waals surface area contributed by atoms with Gasteiger partial charge in [-0.15, -0.1) is 11.3 Å². The van der Waals surface area contributed by atoms with Crippen molar-refractivity contribution < 1.29 is 9.53 Å². The summed E-state index contributed by atoms with van der Waals surface area (Å²) in [6, 6.07) is 9.71. The van der Waals surface area contributed by atoms with Crippen molar-refractivity contribution in [2.75, 3.05) is 34.3 Å². The van der Waals surface area contributed by atoms with Gasteiger partial charge in [0.2, 0.25) is 5.91 Å². The topological polar surface area (TPSA) is 66.0 Å². The average molecular weight is 409 g/mol. The second-order valence-corrected chi connectivity index (χ2v) is 7.47.